The molecule has 1 aromatic rings. The molecule has 4 nitrogen and oxygen atoms in total. The van der Waals surface area contributed by atoms with Gasteiger partial charge in [0.1, 0.15) is 0 Å². The summed E-state index contributed by atoms with van der Waals surface area (Å²) in [7, 11) is 0. The van der Waals surface area contributed by atoms with E-state index in [1.807, 2.05) is 12.1 Å². The van der Waals surface area contributed by atoms with Gasteiger partial charge in [-0.3, -0.25) is 10.4 Å². The molecule has 5 heteroatoms. The van der Waals surface area contributed by atoms with Gasteiger partial charge in [-0.1, -0.05) is 25.3 Å². The zero-order valence-electron chi connectivity index (χ0n) is 10.3. The third kappa shape index (κ3) is 4.41. The van der Waals surface area contributed by atoms with E-state index in [1.54, 1.807) is 18.6 Å². The van der Waals surface area contributed by atoms with Crippen LogP contribution in [0.4, 0.5) is 0 Å². The van der Waals surface area contributed by atoms with Gasteiger partial charge in [0.25, 0.3) is 0 Å². The minimum atomic E-state index is 0.507. The van der Waals surface area contributed by atoms with Crippen molar-refractivity contribution >= 4 is 23.5 Å². The zero-order chi connectivity index (χ0) is 12.6. The van der Waals surface area contributed by atoms with Crippen LogP contribution in [0.2, 0.25) is 0 Å². The SMILES string of the molecule is S=C(N/N=C\c1cccnc1)NC1CCCCC1. The summed E-state index contributed by atoms with van der Waals surface area (Å²) in [5.41, 5.74) is 3.79. The number of nitrogens with zero attached hydrogens (tertiary/aromatic N) is 2. The van der Waals surface area contributed by atoms with E-state index in [1.165, 1.54) is 32.1 Å². The molecule has 1 fully saturated rings. The lowest BCUT2D eigenvalue weighted by Crippen LogP contribution is -2.40. The number of hydrazone groups is 1. The van der Waals surface area contributed by atoms with Crippen molar-refractivity contribution in [1.82, 2.24) is 15.7 Å². The molecule has 0 atom stereocenters. The van der Waals surface area contributed by atoms with E-state index in [0.29, 0.717) is 11.2 Å². The van der Waals surface area contributed by atoms with Gasteiger partial charge in [0, 0.05) is 24.0 Å². The molecule has 0 saturated heterocycles. The maximum absolute atomic E-state index is 5.20. The minimum absolute atomic E-state index is 0.507. The van der Waals surface area contributed by atoms with E-state index in [9.17, 15) is 0 Å². The molecule has 0 bridgehead atoms. The van der Waals surface area contributed by atoms with E-state index in [-0.39, 0.29) is 0 Å². The summed E-state index contributed by atoms with van der Waals surface area (Å²) >= 11 is 5.20. The third-order valence-corrected chi connectivity index (χ3v) is 3.21. The fourth-order valence-electron chi connectivity index (χ4n) is 2.08. The predicted octanol–water partition coefficient (Wildman–Crippen LogP) is 2.21. The van der Waals surface area contributed by atoms with Gasteiger partial charge in [-0.05, 0) is 31.1 Å². The lowest BCUT2D eigenvalue weighted by Gasteiger charge is -2.23. The Hall–Kier alpha value is -1.49. The van der Waals surface area contributed by atoms with E-state index in [0.717, 1.165) is 5.56 Å². The number of thiocarbonyl (C=S) groups is 1. The summed E-state index contributed by atoms with van der Waals surface area (Å²) in [6.07, 6.45) is 11.5. The van der Waals surface area contributed by atoms with Crippen LogP contribution in [-0.2, 0) is 0 Å². The van der Waals surface area contributed by atoms with Crippen molar-refractivity contribution in [2.24, 2.45) is 5.10 Å². The Balaban J connectivity index is 1.72. The van der Waals surface area contributed by atoms with Crippen LogP contribution in [0, 0.1) is 0 Å². The normalized spacial score (nSPS) is 16.7. The third-order valence-electron chi connectivity index (χ3n) is 3.00. The number of hydrogen-bond acceptors (Lipinski definition) is 3. The van der Waals surface area contributed by atoms with Gasteiger partial charge in [0.15, 0.2) is 5.11 Å². The van der Waals surface area contributed by atoms with Gasteiger partial charge in [0.2, 0.25) is 0 Å². The smallest absolute Gasteiger partial charge is 0.187 e. The summed E-state index contributed by atoms with van der Waals surface area (Å²) in [6, 6.07) is 4.32. The Bertz CT molecular complexity index is 399. The van der Waals surface area contributed by atoms with Crippen molar-refractivity contribution < 1.29 is 0 Å². The second kappa shape index (κ2) is 7.06. The van der Waals surface area contributed by atoms with Crippen LogP contribution < -0.4 is 10.7 Å². The van der Waals surface area contributed by atoms with Gasteiger partial charge >= 0.3 is 0 Å². The zero-order valence-corrected chi connectivity index (χ0v) is 11.1. The number of nitrogens with one attached hydrogen (secondary N) is 2. The van der Waals surface area contributed by atoms with Crippen molar-refractivity contribution in [3.05, 3.63) is 30.1 Å². The molecule has 1 heterocycles. The van der Waals surface area contributed by atoms with Gasteiger partial charge in [0.05, 0.1) is 6.21 Å². The molecular weight excluding hydrogens is 244 g/mol. The second-order valence-electron chi connectivity index (χ2n) is 4.46. The average molecular weight is 262 g/mol. The number of aromatic nitrogens is 1. The maximum Gasteiger partial charge on any atom is 0.187 e. The molecule has 1 aliphatic rings. The lowest BCUT2D eigenvalue weighted by atomic mass is 9.96. The molecule has 1 aliphatic carbocycles. The van der Waals surface area contributed by atoms with Crippen LogP contribution in [0.25, 0.3) is 0 Å². The van der Waals surface area contributed by atoms with Crippen molar-refractivity contribution in [3.63, 3.8) is 0 Å². The van der Waals surface area contributed by atoms with Crippen LogP contribution in [0.1, 0.15) is 37.7 Å². The maximum atomic E-state index is 5.20. The van der Waals surface area contributed by atoms with Gasteiger partial charge < -0.3 is 5.32 Å². The van der Waals surface area contributed by atoms with Crippen LogP contribution in [0.3, 0.4) is 0 Å². The molecule has 2 N–H and O–H groups in total. The molecule has 18 heavy (non-hydrogen) atoms. The van der Waals surface area contributed by atoms with E-state index in [2.05, 4.69) is 20.8 Å². The van der Waals surface area contributed by atoms with Gasteiger partial charge in [-0.15, -0.1) is 0 Å². The molecule has 1 aromatic heterocycles. The molecule has 2 rings (SSSR count). The van der Waals surface area contributed by atoms with E-state index in [4.69, 9.17) is 12.2 Å². The largest absolute Gasteiger partial charge is 0.359 e. The summed E-state index contributed by atoms with van der Waals surface area (Å²) < 4.78 is 0. The molecule has 0 spiro atoms. The van der Waals surface area contributed by atoms with Crippen LogP contribution in [0.5, 0.6) is 0 Å². The Kier molecular flexibility index (Phi) is 5.08. The van der Waals surface area contributed by atoms with Crippen molar-refractivity contribution in [1.29, 1.82) is 0 Å². The standard InChI is InChI=1S/C13H18N4S/c18-13(16-12-6-2-1-3-7-12)17-15-10-11-5-4-8-14-9-11/h4-5,8-10,12H,1-3,6-7H2,(H2,16,17,18)/b15-10-. The lowest BCUT2D eigenvalue weighted by molar-refractivity contribution is 0.412. The van der Waals surface area contributed by atoms with Gasteiger partial charge in [-0.25, -0.2) is 0 Å². The molecule has 0 aliphatic heterocycles. The fraction of sp³-hybridized carbons (Fsp3) is 0.462. The first kappa shape index (κ1) is 13.0. The Morgan fingerprint density at radius 2 is 2.22 bits per heavy atom. The van der Waals surface area contributed by atoms with Crippen LogP contribution >= 0.6 is 12.2 Å². The number of rotatable bonds is 3. The van der Waals surface area contributed by atoms with Crippen molar-refractivity contribution in [2.45, 2.75) is 38.1 Å². The molecule has 1 saturated carbocycles. The summed E-state index contributed by atoms with van der Waals surface area (Å²) in [5, 5.41) is 7.98. The average Bonchev–Trinajstić information content (AvgIpc) is 2.41. The van der Waals surface area contributed by atoms with Crippen LogP contribution in [0.15, 0.2) is 29.6 Å². The molecular formula is C13H18N4S. The van der Waals surface area contributed by atoms with Crippen molar-refractivity contribution in [2.75, 3.05) is 0 Å². The fourth-order valence-corrected chi connectivity index (χ4v) is 2.30. The van der Waals surface area contributed by atoms with Crippen LogP contribution in [-0.4, -0.2) is 22.4 Å². The topological polar surface area (TPSA) is 49.3 Å². The molecule has 0 radical (unpaired) electrons. The summed E-state index contributed by atoms with van der Waals surface area (Å²) in [6.45, 7) is 0. The number of hydrogen-bond donors (Lipinski definition) is 2. The molecule has 0 aromatic carbocycles. The highest BCUT2D eigenvalue weighted by atomic mass is 32.1. The first-order valence-corrected chi connectivity index (χ1v) is 6.75. The monoisotopic (exact) mass is 262 g/mol. The number of pyridine rings is 1. The second-order valence-corrected chi connectivity index (χ2v) is 4.87. The Morgan fingerprint density at radius 3 is 2.94 bits per heavy atom. The highest BCUT2D eigenvalue weighted by Crippen LogP contribution is 2.17. The minimum Gasteiger partial charge on any atom is -0.359 e. The summed E-state index contributed by atoms with van der Waals surface area (Å²) in [4.78, 5) is 4.01. The highest BCUT2D eigenvalue weighted by molar-refractivity contribution is 7.80. The molecule has 96 valence electrons. The summed E-state index contributed by atoms with van der Waals surface area (Å²) in [5.74, 6) is 0. The van der Waals surface area contributed by atoms with Gasteiger partial charge in [-0.2, -0.15) is 5.10 Å². The predicted molar refractivity (Wildman–Crippen MR) is 77.6 cm³/mol. The molecule has 0 amide bonds. The molecule has 0 unspecified atom stereocenters. The quantitative estimate of drug-likeness (QED) is 0.498. The Labute approximate surface area is 113 Å². The Morgan fingerprint density at radius 1 is 1.39 bits per heavy atom. The first-order valence-electron chi connectivity index (χ1n) is 6.34. The van der Waals surface area contributed by atoms with E-state index >= 15 is 0 Å². The van der Waals surface area contributed by atoms with E-state index < -0.39 is 0 Å². The first-order chi connectivity index (χ1) is 8.84. The van der Waals surface area contributed by atoms with Crippen molar-refractivity contribution in [3.8, 4) is 0 Å². The highest BCUT2D eigenvalue weighted by Gasteiger charge is 2.13.